The zero-order chi connectivity index (χ0) is 20.5. The second-order valence-electron chi connectivity index (χ2n) is 6.55. The molecule has 0 radical (unpaired) electrons. The van der Waals surface area contributed by atoms with Gasteiger partial charge in [-0.2, -0.15) is 0 Å². The lowest BCUT2D eigenvalue weighted by Crippen LogP contribution is -2.31. The monoisotopic (exact) mass is 389 g/mol. The van der Waals surface area contributed by atoms with Gasteiger partial charge in [-0.15, -0.1) is 0 Å². The van der Waals surface area contributed by atoms with Crippen LogP contribution < -0.4 is 10.1 Å². The van der Waals surface area contributed by atoms with E-state index in [1.807, 2.05) is 72.8 Å². The van der Waals surface area contributed by atoms with Crippen LogP contribution in [0.2, 0.25) is 0 Å². The van der Waals surface area contributed by atoms with Gasteiger partial charge in [-0.1, -0.05) is 66.7 Å². The first kappa shape index (κ1) is 20.1. The maximum atomic E-state index is 12.2. The maximum absolute atomic E-state index is 12.2. The SMILES string of the molecule is C[C@@H](OC(=O)COc1ccccc1Cc1ccccc1)C(=O)Nc1ccccc1. The summed E-state index contributed by atoms with van der Waals surface area (Å²) >= 11 is 0. The highest BCUT2D eigenvalue weighted by Crippen LogP contribution is 2.21. The molecular formula is C24H23NO4. The number of carbonyl (C=O) groups excluding carboxylic acids is 2. The number of ether oxygens (including phenoxy) is 2. The Morgan fingerprint density at radius 1 is 0.862 bits per heavy atom. The molecule has 0 aliphatic carbocycles. The standard InChI is InChI=1S/C24H23NO4/c1-18(24(27)25-21-13-6-3-7-14-21)29-23(26)17-28-22-15-9-8-12-20(22)16-19-10-4-2-5-11-19/h2-15,18H,16-17H2,1H3,(H,25,27)/t18-/m1/s1. The lowest BCUT2D eigenvalue weighted by atomic mass is 10.0. The van der Waals surface area contributed by atoms with E-state index in [1.54, 1.807) is 12.1 Å². The number of nitrogens with one attached hydrogen (secondary N) is 1. The molecule has 0 spiro atoms. The first-order valence-corrected chi connectivity index (χ1v) is 9.42. The molecule has 0 fully saturated rings. The molecule has 0 aliphatic rings. The van der Waals surface area contributed by atoms with Crippen LogP contribution in [0, 0.1) is 0 Å². The van der Waals surface area contributed by atoms with Gasteiger partial charge in [-0.3, -0.25) is 4.79 Å². The van der Waals surface area contributed by atoms with Gasteiger partial charge < -0.3 is 14.8 Å². The van der Waals surface area contributed by atoms with Crippen LogP contribution in [-0.4, -0.2) is 24.6 Å². The lowest BCUT2D eigenvalue weighted by molar-refractivity contribution is -0.155. The van der Waals surface area contributed by atoms with Gasteiger partial charge in [-0.25, -0.2) is 4.79 Å². The first-order valence-electron chi connectivity index (χ1n) is 9.42. The molecular weight excluding hydrogens is 366 g/mol. The number of hydrogen-bond donors (Lipinski definition) is 1. The third-order valence-electron chi connectivity index (χ3n) is 4.27. The van der Waals surface area contributed by atoms with Crippen LogP contribution in [0.4, 0.5) is 5.69 Å². The molecule has 3 aromatic carbocycles. The average Bonchev–Trinajstić information content (AvgIpc) is 2.74. The van der Waals surface area contributed by atoms with Crippen molar-refractivity contribution >= 4 is 17.6 Å². The average molecular weight is 389 g/mol. The predicted molar refractivity (Wildman–Crippen MR) is 112 cm³/mol. The Morgan fingerprint density at radius 2 is 1.48 bits per heavy atom. The largest absolute Gasteiger partial charge is 0.482 e. The Bertz CT molecular complexity index is 941. The fourth-order valence-electron chi connectivity index (χ4n) is 2.79. The van der Waals surface area contributed by atoms with E-state index >= 15 is 0 Å². The Kier molecular flexibility index (Phi) is 7.00. The van der Waals surface area contributed by atoms with Crippen LogP contribution >= 0.6 is 0 Å². The van der Waals surface area contributed by atoms with Crippen molar-refractivity contribution in [1.82, 2.24) is 0 Å². The van der Waals surface area contributed by atoms with E-state index in [2.05, 4.69) is 5.32 Å². The van der Waals surface area contributed by atoms with Crippen molar-refractivity contribution in [3.05, 3.63) is 96.1 Å². The smallest absolute Gasteiger partial charge is 0.344 e. The molecule has 0 saturated heterocycles. The fourth-order valence-corrected chi connectivity index (χ4v) is 2.79. The molecule has 5 heteroatoms. The highest BCUT2D eigenvalue weighted by Gasteiger charge is 2.18. The number of hydrogen-bond acceptors (Lipinski definition) is 4. The van der Waals surface area contributed by atoms with E-state index in [4.69, 9.17) is 9.47 Å². The third-order valence-corrected chi connectivity index (χ3v) is 4.27. The zero-order valence-electron chi connectivity index (χ0n) is 16.2. The van der Waals surface area contributed by atoms with Gasteiger partial charge in [0.25, 0.3) is 5.91 Å². The van der Waals surface area contributed by atoms with Crippen LogP contribution in [0.3, 0.4) is 0 Å². The van der Waals surface area contributed by atoms with Crippen LogP contribution in [0.25, 0.3) is 0 Å². The summed E-state index contributed by atoms with van der Waals surface area (Å²) in [6, 6.07) is 26.6. The summed E-state index contributed by atoms with van der Waals surface area (Å²) in [6.07, 6.45) is -0.229. The summed E-state index contributed by atoms with van der Waals surface area (Å²) in [5.41, 5.74) is 2.77. The zero-order valence-corrected chi connectivity index (χ0v) is 16.2. The summed E-state index contributed by atoms with van der Waals surface area (Å²) < 4.78 is 10.9. The van der Waals surface area contributed by atoms with E-state index in [-0.39, 0.29) is 6.61 Å². The van der Waals surface area contributed by atoms with Crippen molar-refractivity contribution in [3.63, 3.8) is 0 Å². The van der Waals surface area contributed by atoms with E-state index in [9.17, 15) is 9.59 Å². The summed E-state index contributed by atoms with van der Waals surface area (Å²) in [5.74, 6) is -0.376. The van der Waals surface area contributed by atoms with Crippen molar-refractivity contribution in [1.29, 1.82) is 0 Å². The van der Waals surface area contributed by atoms with Crippen molar-refractivity contribution in [2.45, 2.75) is 19.4 Å². The second-order valence-corrected chi connectivity index (χ2v) is 6.55. The topological polar surface area (TPSA) is 64.6 Å². The molecule has 0 saturated carbocycles. The number of para-hydroxylation sites is 2. The molecule has 1 atom stereocenters. The van der Waals surface area contributed by atoms with Crippen molar-refractivity contribution in [3.8, 4) is 5.75 Å². The number of amides is 1. The highest BCUT2D eigenvalue weighted by atomic mass is 16.6. The van der Waals surface area contributed by atoms with Crippen molar-refractivity contribution in [2.75, 3.05) is 11.9 Å². The molecule has 0 bridgehead atoms. The molecule has 0 unspecified atom stereocenters. The molecule has 1 N–H and O–H groups in total. The van der Waals surface area contributed by atoms with E-state index in [0.717, 1.165) is 11.1 Å². The Morgan fingerprint density at radius 3 is 2.21 bits per heavy atom. The summed E-state index contributed by atoms with van der Waals surface area (Å²) in [6.45, 7) is 1.26. The Balaban J connectivity index is 1.52. The van der Waals surface area contributed by atoms with Gasteiger partial charge in [0.2, 0.25) is 0 Å². The molecule has 3 rings (SSSR count). The molecule has 5 nitrogen and oxygen atoms in total. The van der Waals surface area contributed by atoms with Crippen LogP contribution in [-0.2, 0) is 20.7 Å². The van der Waals surface area contributed by atoms with Crippen molar-refractivity contribution < 1.29 is 19.1 Å². The van der Waals surface area contributed by atoms with Gasteiger partial charge in [0.15, 0.2) is 12.7 Å². The highest BCUT2D eigenvalue weighted by molar-refractivity contribution is 5.95. The van der Waals surface area contributed by atoms with E-state index in [1.165, 1.54) is 6.92 Å². The van der Waals surface area contributed by atoms with Gasteiger partial charge in [0.05, 0.1) is 0 Å². The molecule has 0 heterocycles. The first-order chi connectivity index (χ1) is 14.1. The van der Waals surface area contributed by atoms with Crippen molar-refractivity contribution in [2.24, 2.45) is 0 Å². The molecule has 0 aliphatic heterocycles. The number of benzene rings is 3. The minimum absolute atomic E-state index is 0.269. The van der Waals surface area contributed by atoms with E-state index < -0.39 is 18.0 Å². The van der Waals surface area contributed by atoms with Gasteiger partial charge >= 0.3 is 5.97 Å². The van der Waals surface area contributed by atoms with Crippen LogP contribution in [0.5, 0.6) is 5.75 Å². The fraction of sp³-hybridized carbons (Fsp3) is 0.167. The Labute approximate surface area is 170 Å². The molecule has 148 valence electrons. The quantitative estimate of drug-likeness (QED) is 0.586. The number of carbonyl (C=O) groups is 2. The van der Waals surface area contributed by atoms with E-state index in [0.29, 0.717) is 17.9 Å². The second kappa shape index (κ2) is 10.1. The number of rotatable bonds is 8. The maximum Gasteiger partial charge on any atom is 0.344 e. The van der Waals surface area contributed by atoms with Crippen LogP contribution in [0.1, 0.15) is 18.1 Å². The van der Waals surface area contributed by atoms with Crippen LogP contribution in [0.15, 0.2) is 84.9 Å². The number of esters is 1. The van der Waals surface area contributed by atoms with Gasteiger partial charge in [-0.05, 0) is 36.2 Å². The summed E-state index contributed by atoms with van der Waals surface area (Å²) in [5, 5.41) is 2.70. The predicted octanol–water partition coefficient (Wildman–Crippen LogP) is 4.23. The molecule has 0 aromatic heterocycles. The minimum Gasteiger partial charge on any atom is -0.482 e. The Hall–Kier alpha value is -3.60. The molecule has 29 heavy (non-hydrogen) atoms. The summed E-state index contributed by atoms with van der Waals surface area (Å²) in [7, 11) is 0. The lowest BCUT2D eigenvalue weighted by Gasteiger charge is -2.15. The molecule has 3 aromatic rings. The third kappa shape index (κ3) is 6.21. The number of anilines is 1. The minimum atomic E-state index is -0.925. The molecule has 1 amide bonds. The van der Waals surface area contributed by atoms with Gasteiger partial charge in [0.1, 0.15) is 5.75 Å². The van der Waals surface area contributed by atoms with Gasteiger partial charge in [0, 0.05) is 12.1 Å². The normalized spacial score (nSPS) is 11.3. The summed E-state index contributed by atoms with van der Waals surface area (Å²) in [4.78, 5) is 24.3.